The van der Waals surface area contributed by atoms with E-state index in [-0.39, 0.29) is 5.91 Å². The number of fused-ring (bicyclic) bond motifs is 1. The number of nitrogens with one attached hydrogen (secondary N) is 1. The predicted octanol–water partition coefficient (Wildman–Crippen LogP) is 7.23. The molecule has 0 atom stereocenters. The number of carbonyl (C=O) groups is 1. The first-order chi connectivity index (χ1) is 15.0. The molecule has 1 aliphatic heterocycles. The standard InChI is InChI=1S/C24H18BrCl2NO3/c1-2-30-22-12-15(9-17-16-5-3-4-6-21(16)28-24(17)29)10-18(25)23(22)31-13-14-7-8-19(26)20(27)11-14/h3-12H,2,13H2,1H3,(H,28,29)/b17-9-. The highest BCUT2D eigenvalue weighted by molar-refractivity contribution is 9.10. The van der Waals surface area contributed by atoms with E-state index in [4.69, 9.17) is 32.7 Å². The van der Waals surface area contributed by atoms with E-state index >= 15 is 0 Å². The topological polar surface area (TPSA) is 47.6 Å². The van der Waals surface area contributed by atoms with Crippen molar-refractivity contribution in [2.75, 3.05) is 11.9 Å². The molecule has 0 saturated carbocycles. The number of halogens is 3. The Morgan fingerprint density at radius 2 is 1.84 bits per heavy atom. The lowest BCUT2D eigenvalue weighted by atomic mass is 10.0. The minimum atomic E-state index is -0.129. The summed E-state index contributed by atoms with van der Waals surface area (Å²) in [5, 5.41) is 3.86. The molecule has 1 heterocycles. The van der Waals surface area contributed by atoms with Crippen LogP contribution >= 0.6 is 39.1 Å². The fraction of sp³-hybridized carbons (Fsp3) is 0.125. The molecule has 158 valence electrons. The third-order valence-electron chi connectivity index (χ3n) is 4.72. The van der Waals surface area contributed by atoms with E-state index in [1.807, 2.05) is 55.5 Å². The molecule has 1 N–H and O–H groups in total. The molecule has 4 rings (SSSR count). The number of carbonyl (C=O) groups excluding carboxylic acids is 1. The molecular formula is C24H18BrCl2NO3. The third kappa shape index (κ3) is 4.74. The van der Waals surface area contributed by atoms with Gasteiger partial charge < -0.3 is 14.8 Å². The Labute approximate surface area is 198 Å². The Morgan fingerprint density at radius 3 is 2.61 bits per heavy atom. The molecule has 3 aromatic carbocycles. The van der Waals surface area contributed by atoms with Crippen LogP contribution in [0.25, 0.3) is 11.6 Å². The molecule has 1 aliphatic rings. The van der Waals surface area contributed by atoms with Gasteiger partial charge in [0.15, 0.2) is 11.5 Å². The van der Waals surface area contributed by atoms with Crippen LogP contribution in [-0.2, 0) is 11.4 Å². The number of para-hydroxylation sites is 1. The average molecular weight is 519 g/mol. The van der Waals surface area contributed by atoms with Crippen molar-refractivity contribution in [3.63, 3.8) is 0 Å². The molecule has 0 aliphatic carbocycles. The van der Waals surface area contributed by atoms with Gasteiger partial charge in [0, 0.05) is 16.8 Å². The highest BCUT2D eigenvalue weighted by Gasteiger charge is 2.23. The summed E-state index contributed by atoms with van der Waals surface area (Å²) in [6.07, 6.45) is 1.84. The van der Waals surface area contributed by atoms with Crippen molar-refractivity contribution in [2.45, 2.75) is 13.5 Å². The van der Waals surface area contributed by atoms with Gasteiger partial charge in [0.25, 0.3) is 5.91 Å². The average Bonchev–Trinajstić information content (AvgIpc) is 3.05. The lowest BCUT2D eigenvalue weighted by Crippen LogP contribution is -2.04. The van der Waals surface area contributed by atoms with Gasteiger partial charge in [-0.25, -0.2) is 0 Å². The number of hydrogen-bond donors (Lipinski definition) is 1. The van der Waals surface area contributed by atoms with Gasteiger partial charge in [0.1, 0.15) is 6.61 Å². The van der Waals surface area contributed by atoms with Crippen LogP contribution in [0.1, 0.15) is 23.6 Å². The van der Waals surface area contributed by atoms with Crippen molar-refractivity contribution in [3.05, 3.63) is 85.8 Å². The van der Waals surface area contributed by atoms with E-state index < -0.39 is 0 Å². The van der Waals surface area contributed by atoms with Crippen molar-refractivity contribution in [3.8, 4) is 11.5 Å². The Kier molecular flexibility index (Phi) is 6.56. The van der Waals surface area contributed by atoms with Crippen LogP contribution in [0, 0.1) is 0 Å². The maximum Gasteiger partial charge on any atom is 0.256 e. The lowest BCUT2D eigenvalue weighted by Gasteiger charge is -2.15. The minimum Gasteiger partial charge on any atom is -0.490 e. The van der Waals surface area contributed by atoms with Gasteiger partial charge >= 0.3 is 0 Å². The van der Waals surface area contributed by atoms with Crippen LogP contribution in [-0.4, -0.2) is 12.5 Å². The van der Waals surface area contributed by atoms with E-state index in [1.165, 1.54) is 0 Å². The molecule has 0 radical (unpaired) electrons. The summed E-state index contributed by atoms with van der Waals surface area (Å²) in [4.78, 5) is 12.4. The molecule has 4 nitrogen and oxygen atoms in total. The number of anilines is 1. The summed E-state index contributed by atoms with van der Waals surface area (Å²) in [7, 11) is 0. The third-order valence-corrected chi connectivity index (χ3v) is 6.05. The van der Waals surface area contributed by atoms with Gasteiger partial charge in [-0.05, 0) is 70.4 Å². The first-order valence-corrected chi connectivity index (χ1v) is 11.2. The zero-order valence-corrected chi connectivity index (χ0v) is 19.6. The zero-order valence-electron chi connectivity index (χ0n) is 16.5. The molecule has 31 heavy (non-hydrogen) atoms. The van der Waals surface area contributed by atoms with Gasteiger partial charge in [0.2, 0.25) is 0 Å². The Hall–Kier alpha value is -2.47. The van der Waals surface area contributed by atoms with Crippen LogP contribution in [0.4, 0.5) is 5.69 Å². The summed E-state index contributed by atoms with van der Waals surface area (Å²) < 4.78 is 12.6. The summed E-state index contributed by atoms with van der Waals surface area (Å²) >= 11 is 15.7. The smallest absolute Gasteiger partial charge is 0.256 e. The van der Waals surface area contributed by atoms with Crippen LogP contribution < -0.4 is 14.8 Å². The van der Waals surface area contributed by atoms with Crippen molar-refractivity contribution < 1.29 is 14.3 Å². The molecule has 0 spiro atoms. The number of benzene rings is 3. The summed E-state index contributed by atoms with van der Waals surface area (Å²) in [6.45, 7) is 2.67. The molecule has 0 fully saturated rings. The van der Waals surface area contributed by atoms with Gasteiger partial charge in [-0.3, -0.25) is 4.79 Å². The Bertz CT molecular complexity index is 1190. The van der Waals surface area contributed by atoms with Gasteiger partial charge in [0.05, 0.1) is 21.1 Å². The SMILES string of the molecule is CCOc1cc(/C=C2\C(=O)Nc3ccccc32)cc(Br)c1OCc1ccc(Cl)c(Cl)c1. The van der Waals surface area contributed by atoms with E-state index in [9.17, 15) is 4.79 Å². The molecule has 0 bridgehead atoms. The van der Waals surface area contributed by atoms with E-state index in [0.717, 1.165) is 26.9 Å². The van der Waals surface area contributed by atoms with E-state index in [1.54, 1.807) is 12.1 Å². The van der Waals surface area contributed by atoms with Crippen molar-refractivity contribution in [1.82, 2.24) is 0 Å². The minimum absolute atomic E-state index is 0.129. The summed E-state index contributed by atoms with van der Waals surface area (Å²) in [5.74, 6) is 1.03. The fourth-order valence-electron chi connectivity index (χ4n) is 3.31. The number of hydrogen-bond acceptors (Lipinski definition) is 3. The Balaban J connectivity index is 1.65. The van der Waals surface area contributed by atoms with E-state index in [2.05, 4.69) is 21.2 Å². The highest BCUT2D eigenvalue weighted by Crippen LogP contribution is 2.40. The molecule has 0 aromatic heterocycles. The number of ether oxygens (including phenoxy) is 2. The Morgan fingerprint density at radius 1 is 1.03 bits per heavy atom. The molecule has 1 amide bonds. The molecule has 0 unspecified atom stereocenters. The fourth-order valence-corrected chi connectivity index (χ4v) is 4.20. The quantitative estimate of drug-likeness (QED) is 0.350. The van der Waals surface area contributed by atoms with Crippen molar-refractivity contribution in [1.29, 1.82) is 0 Å². The second kappa shape index (κ2) is 9.35. The first kappa shape index (κ1) is 21.8. The lowest BCUT2D eigenvalue weighted by molar-refractivity contribution is -0.110. The molecule has 0 saturated heterocycles. The monoisotopic (exact) mass is 517 g/mol. The zero-order chi connectivity index (χ0) is 22.0. The molecular weight excluding hydrogens is 501 g/mol. The van der Waals surface area contributed by atoms with Crippen molar-refractivity contribution >= 4 is 62.4 Å². The van der Waals surface area contributed by atoms with Crippen LogP contribution in [0.3, 0.4) is 0 Å². The second-order valence-electron chi connectivity index (χ2n) is 6.86. The van der Waals surface area contributed by atoms with Crippen LogP contribution in [0.15, 0.2) is 59.1 Å². The largest absolute Gasteiger partial charge is 0.490 e. The number of amides is 1. The summed E-state index contributed by atoms with van der Waals surface area (Å²) in [5.41, 5.74) is 3.99. The van der Waals surface area contributed by atoms with Gasteiger partial charge in [-0.1, -0.05) is 47.5 Å². The van der Waals surface area contributed by atoms with Crippen LogP contribution in [0.5, 0.6) is 11.5 Å². The molecule has 7 heteroatoms. The van der Waals surface area contributed by atoms with Crippen LogP contribution in [0.2, 0.25) is 10.0 Å². The predicted molar refractivity (Wildman–Crippen MR) is 129 cm³/mol. The molecule has 3 aromatic rings. The number of rotatable bonds is 6. The highest BCUT2D eigenvalue weighted by atomic mass is 79.9. The second-order valence-corrected chi connectivity index (χ2v) is 8.53. The first-order valence-electron chi connectivity index (χ1n) is 9.61. The van der Waals surface area contributed by atoms with Gasteiger partial charge in [-0.15, -0.1) is 0 Å². The van der Waals surface area contributed by atoms with Gasteiger partial charge in [-0.2, -0.15) is 0 Å². The maximum atomic E-state index is 12.4. The summed E-state index contributed by atoms with van der Waals surface area (Å²) in [6, 6.07) is 16.7. The maximum absolute atomic E-state index is 12.4. The van der Waals surface area contributed by atoms with E-state index in [0.29, 0.717) is 40.3 Å². The van der Waals surface area contributed by atoms with Crippen molar-refractivity contribution in [2.24, 2.45) is 0 Å². The normalized spacial score (nSPS) is 13.8.